The lowest BCUT2D eigenvalue weighted by molar-refractivity contribution is -0.141. The molecule has 0 radical (unpaired) electrons. The van der Waals surface area contributed by atoms with Crippen molar-refractivity contribution in [3.05, 3.63) is 34.9 Å². The number of halogens is 4. The van der Waals surface area contributed by atoms with E-state index >= 15 is 0 Å². The SMILES string of the molecule is O=C(CSCC(F)(F)F)NC(C(=O)O)c1ccc(Cl)cc1. The number of carboxylic acids is 1. The van der Waals surface area contributed by atoms with Crippen LogP contribution in [0.3, 0.4) is 0 Å². The molecule has 1 aromatic rings. The molecule has 0 aliphatic carbocycles. The summed E-state index contributed by atoms with van der Waals surface area (Å²) in [7, 11) is 0. The van der Waals surface area contributed by atoms with Gasteiger partial charge in [-0.05, 0) is 17.7 Å². The van der Waals surface area contributed by atoms with Gasteiger partial charge >= 0.3 is 12.1 Å². The molecule has 116 valence electrons. The largest absolute Gasteiger partial charge is 0.479 e. The maximum absolute atomic E-state index is 11.9. The van der Waals surface area contributed by atoms with Gasteiger partial charge in [-0.25, -0.2) is 4.79 Å². The summed E-state index contributed by atoms with van der Waals surface area (Å²) < 4.78 is 35.8. The second kappa shape index (κ2) is 7.56. The van der Waals surface area contributed by atoms with Gasteiger partial charge in [0.2, 0.25) is 5.91 Å². The van der Waals surface area contributed by atoms with E-state index in [0.717, 1.165) is 0 Å². The number of hydrogen-bond donors (Lipinski definition) is 2. The summed E-state index contributed by atoms with van der Waals surface area (Å²) in [6, 6.07) is 4.42. The third kappa shape index (κ3) is 6.72. The summed E-state index contributed by atoms with van der Waals surface area (Å²) in [6.45, 7) is 0. The third-order valence-corrected chi connectivity index (χ3v) is 3.50. The lowest BCUT2D eigenvalue weighted by Crippen LogP contribution is -2.35. The van der Waals surface area contributed by atoms with Gasteiger partial charge in [0.05, 0.1) is 11.5 Å². The van der Waals surface area contributed by atoms with Crippen LogP contribution in [0.15, 0.2) is 24.3 Å². The number of alkyl halides is 3. The number of carbonyl (C=O) groups excluding carboxylic acids is 1. The first-order valence-electron chi connectivity index (χ1n) is 5.61. The number of rotatable bonds is 6. The first-order valence-corrected chi connectivity index (χ1v) is 7.14. The van der Waals surface area contributed by atoms with Crippen molar-refractivity contribution >= 4 is 35.2 Å². The fourth-order valence-electron chi connectivity index (χ4n) is 1.40. The minimum Gasteiger partial charge on any atom is -0.479 e. The number of thioether (sulfide) groups is 1. The Morgan fingerprint density at radius 3 is 2.33 bits per heavy atom. The van der Waals surface area contributed by atoms with E-state index < -0.39 is 35.6 Å². The molecule has 0 bridgehead atoms. The van der Waals surface area contributed by atoms with E-state index in [1.54, 1.807) is 0 Å². The first kappa shape index (κ1) is 17.6. The van der Waals surface area contributed by atoms with Crippen LogP contribution in [0, 0.1) is 0 Å². The Labute approximate surface area is 127 Å². The monoisotopic (exact) mass is 341 g/mol. The zero-order chi connectivity index (χ0) is 16.0. The van der Waals surface area contributed by atoms with E-state index in [2.05, 4.69) is 5.32 Å². The fourth-order valence-corrected chi connectivity index (χ4v) is 2.13. The lowest BCUT2D eigenvalue weighted by Gasteiger charge is -2.15. The lowest BCUT2D eigenvalue weighted by atomic mass is 10.1. The molecule has 0 fully saturated rings. The van der Waals surface area contributed by atoms with Crippen molar-refractivity contribution in [3.8, 4) is 0 Å². The first-order chi connectivity index (χ1) is 9.69. The van der Waals surface area contributed by atoms with E-state index in [9.17, 15) is 22.8 Å². The van der Waals surface area contributed by atoms with Crippen LogP contribution in [0.2, 0.25) is 5.02 Å². The smallest absolute Gasteiger partial charge is 0.397 e. The molecule has 0 saturated heterocycles. The van der Waals surface area contributed by atoms with E-state index in [-0.39, 0.29) is 5.56 Å². The third-order valence-electron chi connectivity index (χ3n) is 2.25. The van der Waals surface area contributed by atoms with Crippen molar-refractivity contribution in [2.45, 2.75) is 12.2 Å². The highest BCUT2D eigenvalue weighted by atomic mass is 35.5. The molecule has 4 nitrogen and oxygen atoms in total. The van der Waals surface area contributed by atoms with Crippen LogP contribution in [0.1, 0.15) is 11.6 Å². The van der Waals surface area contributed by atoms with Crippen molar-refractivity contribution in [2.24, 2.45) is 0 Å². The molecule has 2 N–H and O–H groups in total. The summed E-state index contributed by atoms with van der Waals surface area (Å²) in [6.07, 6.45) is -4.37. The van der Waals surface area contributed by atoms with Gasteiger partial charge in [0.15, 0.2) is 6.04 Å². The van der Waals surface area contributed by atoms with Crippen molar-refractivity contribution in [1.29, 1.82) is 0 Å². The Bertz CT molecular complexity index is 507. The number of aliphatic carboxylic acids is 1. The number of amides is 1. The highest BCUT2D eigenvalue weighted by Crippen LogP contribution is 2.21. The molecule has 1 amide bonds. The second-order valence-electron chi connectivity index (χ2n) is 4.00. The Morgan fingerprint density at radius 2 is 1.86 bits per heavy atom. The number of carbonyl (C=O) groups is 2. The second-order valence-corrected chi connectivity index (χ2v) is 5.42. The Morgan fingerprint density at radius 1 is 1.29 bits per heavy atom. The van der Waals surface area contributed by atoms with E-state index in [1.165, 1.54) is 24.3 Å². The molecule has 0 spiro atoms. The maximum Gasteiger partial charge on any atom is 0.397 e. The van der Waals surface area contributed by atoms with E-state index in [1.807, 2.05) is 0 Å². The topological polar surface area (TPSA) is 66.4 Å². The van der Waals surface area contributed by atoms with E-state index in [4.69, 9.17) is 16.7 Å². The molecule has 21 heavy (non-hydrogen) atoms. The number of carboxylic acid groups (broad SMARTS) is 1. The van der Waals surface area contributed by atoms with Crippen LogP contribution in [0.25, 0.3) is 0 Å². The van der Waals surface area contributed by atoms with Gasteiger partial charge in [0.25, 0.3) is 0 Å². The average molecular weight is 342 g/mol. The molecule has 9 heteroatoms. The van der Waals surface area contributed by atoms with Crippen LogP contribution in [0.4, 0.5) is 13.2 Å². The molecule has 0 aliphatic rings. The van der Waals surface area contributed by atoms with Crippen molar-refractivity contribution in [1.82, 2.24) is 5.32 Å². The molecule has 1 aromatic carbocycles. The van der Waals surface area contributed by atoms with Crippen molar-refractivity contribution < 1.29 is 27.9 Å². The fraction of sp³-hybridized carbons (Fsp3) is 0.333. The molecule has 0 heterocycles. The van der Waals surface area contributed by atoms with Crippen LogP contribution in [-0.4, -0.2) is 34.7 Å². The Balaban J connectivity index is 2.61. The Kier molecular flexibility index (Phi) is 6.35. The van der Waals surface area contributed by atoms with Gasteiger partial charge in [-0.3, -0.25) is 4.79 Å². The van der Waals surface area contributed by atoms with Crippen LogP contribution >= 0.6 is 23.4 Å². The molecule has 1 rings (SSSR count). The zero-order valence-corrected chi connectivity index (χ0v) is 12.1. The summed E-state index contributed by atoms with van der Waals surface area (Å²) in [5.41, 5.74) is 0.279. The number of hydrogen-bond acceptors (Lipinski definition) is 3. The molecular weight excluding hydrogens is 331 g/mol. The molecule has 0 saturated carbocycles. The molecule has 0 aromatic heterocycles. The highest BCUT2D eigenvalue weighted by Gasteiger charge is 2.28. The number of nitrogens with one attached hydrogen (secondary N) is 1. The van der Waals surface area contributed by atoms with E-state index in [0.29, 0.717) is 16.8 Å². The number of benzene rings is 1. The van der Waals surface area contributed by atoms with Crippen LogP contribution < -0.4 is 5.32 Å². The minimum atomic E-state index is -4.37. The average Bonchev–Trinajstić information content (AvgIpc) is 2.35. The quantitative estimate of drug-likeness (QED) is 0.835. The van der Waals surface area contributed by atoms with Gasteiger partial charge in [-0.1, -0.05) is 23.7 Å². The predicted octanol–water partition coefficient (Wildman–Crippen LogP) is 2.88. The Hall–Kier alpha value is -1.41. The summed E-state index contributed by atoms with van der Waals surface area (Å²) in [4.78, 5) is 22.6. The van der Waals surface area contributed by atoms with Crippen molar-refractivity contribution in [2.75, 3.05) is 11.5 Å². The maximum atomic E-state index is 11.9. The van der Waals surface area contributed by atoms with Gasteiger partial charge in [0, 0.05) is 5.02 Å². The van der Waals surface area contributed by atoms with Crippen molar-refractivity contribution in [3.63, 3.8) is 0 Å². The molecular formula is C12H11ClF3NO3S. The summed E-state index contributed by atoms with van der Waals surface area (Å²) >= 11 is 6.04. The zero-order valence-electron chi connectivity index (χ0n) is 10.5. The minimum absolute atomic E-state index is 0.279. The van der Waals surface area contributed by atoms with Gasteiger partial charge in [-0.15, -0.1) is 11.8 Å². The van der Waals surface area contributed by atoms with Crippen LogP contribution in [0.5, 0.6) is 0 Å². The van der Waals surface area contributed by atoms with Crippen LogP contribution in [-0.2, 0) is 9.59 Å². The summed E-state index contributed by atoms with van der Waals surface area (Å²) in [5.74, 6) is -3.74. The normalized spacial score (nSPS) is 12.8. The van der Waals surface area contributed by atoms with Gasteiger partial charge in [0.1, 0.15) is 0 Å². The molecule has 0 aliphatic heterocycles. The van der Waals surface area contributed by atoms with Gasteiger partial charge in [-0.2, -0.15) is 13.2 Å². The molecule has 1 atom stereocenters. The molecule has 1 unspecified atom stereocenters. The highest BCUT2D eigenvalue weighted by molar-refractivity contribution is 8.00. The van der Waals surface area contributed by atoms with Gasteiger partial charge < -0.3 is 10.4 Å². The predicted molar refractivity (Wildman–Crippen MR) is 73.4 cm³/mol. The summed E-state index contributed by atoms with van der Waals surface area (Å²) in [5, 5.41) is 11.6. The standard InChI is InChI=1S/C12H11ClF3NO3S/c13-8-3-1-7(2-4-8)10(11(19)20)17-9(18)5-21-6-12(14,15)16/h1-4,10H,5-6H2,(H,17,18)(H,19,20).